The third kappa shape index (κ3) is 2.24. The molecule has 3 aromatic rings. The number of aromatic nitrogens is 1. The van der Waals surface area contributed by atoms with Crippen molar-refractivity contribution in [2.24, 2.45) is 0 Å². The van der Waals surface area contributed by atoms with Gasteiger partial charge in [0.15, 0.2) is 5.82 Å². The molecule has 0 unspecified atom stereocenters. The Morgan fingerprint density at radius 1 is 1.32 bits per heavy atom. The lowest BCUT2D eigenvalue weighted by Gasteiger charge is -2.11. The Labute approximate surface area is 113 Å². The summed E-state index contributed by atoms with van der Waals surface area (Å²) in [6.45, 7) is 0.574. The van der Waals surface area contributed by atoms with Gasteiger partial charge in [-0.3, -0.25) is 4.98 Å². The van der Waals surface area contributed by atoms with Crippen molar-refractivity contribution >= 4 is 33.6 Å². The molecule has 0 aliphatic heterocycles. The van der Waals surface area contributed by atoms with Gasteiger partial charge in [0.05, 0.1) is 11.2 Å². The van der Waals surface area contributed by atoms with E-state index in [0.29, 0.717) is 23.4 Å². The van der Waals surface area contributed by atoms with Crippen LogP contribution in [0.4, 0.5) is 15.8 Å². The molecule has 2 heterocycles. The zero-order valence-corrected chi connectivity index (χ0v) is 10.9. The number of rotatable bonds is 3. The van der Waals surface area contributed by atoms with Crippen molar-refractivity contribution in [1.82, 2.24) is 4.98 Å². The van der Waals surface area contributed by atoms with E-state index in [1.807, 2.05) is 23.6 Å². The van der Waals surface area contributed by atoms with Crippen LogP contribution in [0.15, 0.2) is 41.9 Å². The van der Waals surface area contributed by atoms with Crippen molar-refractivity contribution < 1.29 is 4.39 Å². The minimum atomic E-state index is -0.375. The number of benzene rings is 1. The monoisotopic (exact) mass is 273 g/mol. The summed E-state index contributed by atoms with van der Waals surface area (Å²) in [6.07, 6.45) is 1.64. The molecule has 5 heteroatoms. The summed E-state index contributed by atoms with van der Waals surface area (Å²) in [4.78, 5) is 5.36. The SMILES string of the molecule is Nc1cc(F)c(NCc2cccs2)c2ncccc12. The molecule has 1 aromatic carbocycles. The van der Waals surface area contributed by atoms with Crippen LogP contribution < -0.4 is 11.1 Å². The molecule has 2 aromatic heterocycles. The summed E-state index contributed by atoms with van der Waals surface area (Å²) < 4.78 is 14.0. The normalized spacial score (nSPS) is 10.8. The van der Waals surface area contributed by atoms with Gasteiger partial charge < -0.3 is 11.1 Å². The van der Waals surface area contributed by atoms with E-state index in [9.17, 15) is 4.39 Å². The summed E-state index contributed by atoms with van der Waals surface area (Å²) in [7, 11) is 0. The van der Waals surface area contributed by atoms with Crippen LogP contribution >= 0.6 is 11.3 Å². The summed E-state index contributed by atoms with van der Waals surface area (Å²) in [6, 6.07) is 8.94. The Balaban J connectivity index is 2.02. The molecule has 0 aliphatic carbocycles. The first-order valence-corrected chi connectivity index (χ1v) is 6.72. The number of hydrogen-bond donors (Lipinski definition) is 2. The maximum Gasteiger partial charge on any atom is 0.150 e. The van der Waals surface area contributed by atoms with Gasteiger partial charge in [0.2, 0.25) is 0 Å². The van der Waals surface area contributed by atoms with Gasteiger partial charge in [-0.25, -0.2) is 4.39 Å². The van der Waals surface area contributed by atoms with Crippen molar-refractivity contribution in [3.8, 4) is 0 Å². The van der Waals surface area contributed by atoms with E-state index in [1.165, 1.54) is 6.07 Å². The van der Waals surface area contributed by atoms with E-state index in [1.54, 1.807) is 23.6 Å². The molecular formula is C14H12FN3S. The number of pyridine rings is 1. The Hall–Kier alpha value is -2.14. The lowest BCUT2D eigenvalue weighted by molar-refractivity contribution is 0.632. The second-order valence-electron chi connectivity index (χ2n) is 4.16. The molecule has 0 bridgehead atoms. The van der Waals surface area contributed by atoms with Crippen LogP contribution in [0.25, 0.3) is 10.9 Å². The highest BCUT2D eigenvalue weighted by Gasteiger charge is 2.11. The highest BCUT2D eigenvalue weighted by molar-refractivity contribution is 7.09. The molecule has 0 spiro atoms. The van der Waals surface area contributed by atoms with E-state index in [0.717, 1.165) is 10.3 Å². The largest absolute Gasteiger partial charge is 0.398 e. The van der Waals surface area contributed by atoms with Crippen molar-refractivity contribution in [3.63, 3.8) is 0 Å². The van der Waals surface area contributed by atoms with Crippen LogP contribution in [0.1, 0.15) is 4.88 Å². The highest BCUT2D eigenvalue weighted by atomic mass is 32.1. The molecular weight excluding hydrogens is 261 g/mol. The Kier molecular flexibility index (Phi) is 3.05. The van der Waals surface area contributed by atoms with Gasteiger partial charge in [0.1, 0.15) is 0 Å². The minimum absolute atomic E-state index is 0.375. The third-order valence-corrected chi connectivity index (χ3v) is 3.77. The molecule has 0 radical (unpaired) electrons. The maximum absolute atomic E-state index is 14.0. The predicted molar refractivity (Wildman–Crippen MR) is 77.8 cm³/mol. The first-order chi connectivity index (χ1) is 9.25. The van der Waals surface area contributed by atoms with Gasteiger partial charge in [-0.2, -0.15) is 0 Å². The average Bonchev–Trinajstić information content (AvgIpc) is 2.92. The standard InChI is InChI=1S/C14H12FN3S/c15-11-7-12(16)10-4-1-5-17-13(10)14(11)18-8-9-3-2-6-19-9/h1-7,18H,8,16H2. The first-order valence-electron chi connectivity index (χ1n) is 5.84. The Morgan fingerprint density at radius 2 is 2.21 bits per heavy atom. The van der Waals surface area contributed by atoms with Gasteiger partial charge in [0, 0.05) is 28.7 Å². The van der Waals surface area contributed by atoms with Crippen LogP contribution in [0, 0.1) is 5.82 Å². The summed E-state index contributed by atoms with van der Waals surface area (Å²) in [5.74, 6) is -0.375. The molecule has 0 atom stereocenters. The van der Waals surface area contributed by atoms with Crippen LogP contribution in [-0.2, 0) is 6.54 Å². The summed E-state index contributed by atoms with van der Waals surface area (Å²) in [5.41, 5.74) is 7.18. The van der Waals surface area contributed by atoms with Crippen molar-refractivity contribution in [2.75, 3.05) is 11.1 Å². The number of halogens is 1. The number of nitrogens with one attached hydrogen (secondary N) is 1. The molecule has 19 heavy (non-hydrogen) atoms. The fourth-order valence-electron chi connectivity index (χ4n) is 1.99. The van der Waals surface area contributed by atoms with Crippen LogP contribution in [-0.4, -0.2) is 4.98 Å². The quantitative estimate of drug-likeness (QED) is 0.716. The van der Waals surface area contributed by atoms with Gasteiger partial charge >= 0.3 is 0 Å². The number of fused-ring (bicyclic) bond motifs is 1. The van der Waals surface area contributed by atoms with Gasteiger partial charge in [-0.1, -0.05) is 6.07 Å². The number of nitrogens with two attached hydrogens (primary N) is 1. The van der Waals surface area contributed by atoms with Gasteiger partial charge in [-0.15, -0.1) is 11.3 Å². The molecule has 0 aliphatic rings. The fourth-order valence-corrected chi connectivity index (χ4v) is 2.64. The molecule has 0 saturated heterocycles. The lowest BCUT2D eigenvalue weighted by Crippen LogP contribution is -2.03. The number of nitrogens with zero attached hydrogens (tertiary/aromatic N) is 1. The number of hydrogen-bond acceptors (Lipinski definition) is 4. The third-order valence-electron chi connectivity index (χ3n) is 2.90. The first kappa shape index (κ1) is 11.9. The smallest absolute Gasteiger partial charge is 0.150 e. The van der Waals surface area contributed by atoms with E-state index >= 15 is 0 Å². The molecule has 0 amide bonds. The van der Waals surface area contributed by atoms with Crippen molar-refractivity contribution in [2.45, 2.75) is 6.54 Å². The van der Waals surface area contributed by atoms with E-state index in [4.69, 9.17) is 5.73 Å². The van der Waals surface area contributed by atoms with Crippen molar-refractivity contribution in [1.29, 1.82) is 0 Å². The number of thiophene rings is 1. The molecule has 3 N–H and O–H groups in total. The lowest BCUT2D eigenvalue weighted by atomic mass is 10.1. The number of nitrogen functional groups attached to an aromatic ring is 1. The van der Waals surface area contributed by atoms with E-state index < -0.39 is 0 Å². The summed E-state index contributed by atoms with van der Waals surface area (Å²) in [5, 5.41) is 5.86. The van der Waals surface area contributed by atoms with Gasteiger partial charge in [0.25, 0.3) is 0 Å². The fraction of sp³-hybridized carbons (Fsp3) is 0.0714. The zero-order valence-electron chi connectivity index (χ0n) is 10.1. The minimum Gasteiger partial charge on any atom is -0.398 e. The topological polar surface area (TPSA) is 50.9 Å². The highest BCUT2D eigenvalue weighted by Crippen LogP contribution is 2.30. The molecule has 3 rings (SSSR count). The Morgan fingerprint density at radius 3 is 3.00 bits per heavy atom. The van der Waals surface area contributed by atoms with Crippen LogP contribution in [0.2, 0.25) is 0 Å². The number of anilines is 2. The summed E-state index contributed by atoms with van der Waals surface area (Å²) >= 11 is 1.63. The molecule has 96 valence electrons. The predicted octanol–water partition coefficient (Wildman–Crippen LogP) is 3.63. The molecule has 3 nitrogen and oxygen atoms in total. The van der Waals surface area contributed by atoms with Gasteiger partial charge in [-0.05, 0) is 29.6 Å². The maximum atomic E-state index is 14.0. The van der Waals surface area contributed by atoms with E-state index in [-0.39, 0.29) is 5.82 Å². The Bertz CT molecular complexity index is 710. The average molecular weight is 273 g/mol. The van der Waals surface area contributed by atoms with E-state index in [2.05, 4.69) is 10.3 Å². The van der Waals surface area contributed by atoms with Crippen LogP contribution in [0.5, 0.6) is 0 Å². The second kappa shape index (κ2) is 4.85. The molecule has 0 fully saturated rings. The molecule has 0 saturated carbocycles. The second-order valence-corrected chi connectivity index (χ2v) is 5.19. The zero-order chi connectivity index (χ0) is 13.2. The van der Waals surface area contributed by atoms with Crippen molar-refractivity contribution in [3.05, 3.63) is 52.6 Å². The van der Waals surface area contributed by atoms with Crippen LogP contribution in [0.3, 0.4) is 0 Å².